The van der Waals surface area contributed by atoms with Gasteiger partial charge in [0.25, 0.3) is 0 Å². The Labute approximate surface area is 292 Å². The van der Waals surface area contributed by atoms with Gasteiger partial charge in [0.15, 0.2) is 17.5 Å². The third-order valence-corrected chi connectivity index (χ3v) is 10.7. The second kappa shape index (κ2) is 11.6. The average molecular weight is 657 g/mol. The first kappa shape index (κ1) is 28.6. The molecule has 50 heavy (non-hydrogen) atoms. The van der Waals surface area contributed by atoms with Crippen LogP contribution in [0.3, 0.4) is 0 Å². The Morgan fingerprint density at radius 1 is 0.380 bits per heavy atom. The van der Waals surface area contributed by atoms with Crippen molar-refractivity contribution in [2.24, 2.45) is 0 Å². The second-order valence-corrected chi connectivity index (χ2v) is 13.5. The van der Waals surface area contributed by atoms with Crippen molar-refractivity contribution in [2.45, 2.75) is 0 Å². The zero-order valence-corrected chi connectivity index (χ0v) is 27.7. The van der Waals surface area contributed by atoms with Gasteiger partial charge in [-0.05, 0) is 41.5 Å². The zero-order valence-electron chi connectivity index (χ0n) is 26.9. The highest BCUT2D eigenvalue weighted by molar-refractivity contribution is 7.26. The van der Waals surface area contributed by atoms with Crippen LogP contribution in [0.15, 0.2) is 170 Å². The number of fused-ring (bicyclic) bond motifs is 6. The lowest BCUT2D eigenvalue weighted by molar-refractivity contribution is 1.08. The molecule has 0 amide bonds. The van der Waals surface area contributed by atoms with Gasteiger partial charge in [-0.1, -0.05) is 140 Å². The molecule has 234 valence electrons. The van der Waals surface area contributed by atoms with E-state index in [9.17, 15) is 0 Å². The van der Waals surface area contributed by atoms with E-state index in [1.54, 1.807) is 11.3 Å². The molecule has 5 heteroatoms. The van der Waals surface area contributed by atoms with Crippen LogP contribution in [0.25, 0.3) is 93.0 Å². The van der Waals surface area contributed by atoms with Gasteiger partial charge in [-0.2, -0.15) is 0 Å². The molecule has 3 aromatic heterocycles. The number of nitrogens with zero attached hydrogens (tertiary/aromatic N) is 4. The first-order chi connectivity index (χ1) is 24.8. The number of thiophene rings is 1. The molecule has 3 heterocycles. The number of rotatable bonds is 5. The molecule has 0 unspecified atom stereocenters. The fourth-order valence-electron chi connectivity index (χ4n) is 7.09. The Kier molecular flexibility index (Phi) is 6.64. The molecule has 0 aliphatic rings. The summed E-state index contributed by atoms with van der Waals surface area (Å²) in [4.78, 5) is 15.0. The van der Waals surface area contributed by atoms with Crippen molar-refractivity contribution in [3.63, 3.8) is 0 Å². The average Bonchev–Trinajstić information content (AvgIpc) is 3.73. The topological polar surface area (TPSA) is 43.6 Å². The van der Waals surface area contributed by atoms with Gasteiger partial charge >= 0.3 is 0 Å². The van der Waals surface area contributed by atoms with Crippen LogP contribution in [0.5, 0.6) is 0 Å². The first-order valence-corrected chi connectivity index (χ1v) is 17.5. The molecule has 0 atom stereocenters. The molecule has 0 saturated carbocycles. The van der Waals surface area contributed by atoms with Gasteiger partial charge in [-0.25, -0.2) is 15.0 Å². The van der Waals surface area contributed by atoms with Crippen LogP contribution in [0, 0.1) is 0 Å². The summed E-state index contributed by atoms with van der Waals surface area (Å²) >= 11 is 1.79. The maximum atomic E-state index is 5.06. The Morgan fingerprint density at radius 2 is 0.960 bits per heavy atom. The van der Waals surface area contributed by atoms with Gasteiger partial charge in [0.2, 0.25) is 0 Å². The van der Waals surface area contributed by atoms with Crippen molar-refractivity contribution in [3.8, 4) is 51.0 Å². The van der Waals surface area contributed by atoms with E-state index in [1.165, 1.54) is 48.4 Å². The predicted molar refractivity (Wildman–Crippen MR) is 209 cm³/mol. The third kappa shape index (κ3) is 4.71. The molecule has 0 fully saturated rings. The maximum Gasteiger partial charge on any atom is 0.165 e. The van der Waals surface area contributed by atoms with Crippen molar-refractivity contribution in [3.05, 3.63) is 170 Å². The van der Waals surface area contributed by atoms with Crippen LogP contribution in [-0.2, 0) is 0 Å². The number of benzene rings is 7. The fraction of sp³-hybridized carbons (Fsp3) is 0. The molecule has 0 aliphatic carbocycles. The molecular formula is C45H28N4S. The minimum absolute atomic E-state index is 0.663. The van der Waals surface area contributed by atoms with Gasteiger partial charge in [-0.15, -0.1) is 11.3 Å². The van der Waals surface area contributed by atoms with Crippen LogP contribution >= 0.6 is 11.3 Å². The summed E-state index contributed by atoms with van der Waals surface area (Å²) < 4.78 is 4.79. The van der Waals surface area contributed by atoms with Gasteiger partial charge < -0.3 is 4.57 Å². The quantitative estimate of drug-likeness (QED) is 0.185. The molecule has 7 aromatic carbocycles. The van der Waals surface area contributed by atoms with Crippen molar-refractivity contribution < 1.29 is 0 Å². The standard InChI is InChI=1S/C45H28N4S/c1-4-13-29(14-5-1)32-23-25-35-34-19-10-11-22-39(34)49(40(35)27-32)33-24-26-36-37-20-12-21-38(42(37)50-41(36)28-33)45-47-43(30-15-6-2-7-16-30)46-44(48-45)31-17-8-3-9-18-31/h1-28H. The zero-order chi connectivity index (χ0) is 33.0. The summed E-state index contributed by atoms with van der Waals surface area (Å²) in [6.07, 6.45) is 0. The van der Waals surface area contributed by atoms with E-state index in [-0.39, 0.29) is 0 Å². The first-order valence-electron chi connectivity index (χ1n) is 16.7. The van der Waals surface area contributed by atoms with E-state index in [0.717, 1.165) is 27.1 Å². The fourth-order valence-corrected chi connectivity index (χ4v) is 8.33. The Morgan fingerprint density at radius 3 is 1.68 bits per heavy atom. The molecule has 4 nitrogen and oxygen atoms in total. The summed E-state index contributed by atoms with van der Waals surface area (Å²) in [6.45, 7) is 0. The van der Waals surface area contributed by atoms with Gasteiger partial charge in [0, 0.05) is 53.3 Å². The molecular weight excluding hydrogens is 629 g/mol. The largest absolute Gasteiger partial charge is 0.309 e. The molecule has 0 bridgehead atoms. The lowest BCUT2D eigenvalue weighted by atomic mass is 10.0. The molecule has 0 spiro atoms. The van der Waals surface area contributed by atoms with Crippen molar-refractivity contribution in [2.75, 3.05) is 0 Å². The smallest absolute Gasteiger partial charge is 0.165 e. The van der Waals surface area contributed by atoms with E-state index < -0.39 is 0 Å². The van der Waals surface area contributed by atoms with E-state index in [4.69, 9.17) is 15.0 Å². The van der Waals surface area contributed by atoms with Crippen LogP contribution in [-0.4, -0.2) is 19.5 Å². The summed E-state index contributed by atoms with van der Waals surface area (Å²) in [5.41, 5.74) is 8.87. The van der Waals surface area contributed by atoms with E-state index in [1.807, 2.05) is 60.7 Å². The monoisotopic (exact) mass is 656 g/mol. The molecule has 10 rings (SSSR count). The van der Waals surface area contributed by atoms with Gasteiger partial charge in [-0.3, -0.25) is 0 Å². The second-order valence-electron chi connectivity index (χ2n) is 12.5. The van der Waals surface area contributed by atoms with Crippen LogP contribution in [0.4, 0.5) is 0 Å². The highest BCUT2D eigenvalue weighted by atomic mass is 32.1. The maximum absolute atomic E-state index is 5.06. The third-order valence-electron chi connectivity index (χ3n) is 9.46. The van der Waals surface area contributed by atoms with E-state index >= 15 is 0 Å². The Bertz CT molecular complexity index is 2800. The summed E-state index contributed by atoms with van der Waals surface area (Å²) in [5.74, 6) is 2.00. The number of para-hydroxylation sites is 1. The Hall–Kier alpha value is -6.43. The van der Waals surface area contributed by atoms with Gasteiger partial charge in [0.1, 0.15) is 0 Å². The summed E-state index contributed by atoms with van der Waals surface area (Å²) in [7, 11) is 0. The normalized spacial score (nSPS) is 11.6. The summed E-state index contributed by atoms with van der Waals surface area (Å²) in [6, 6.07) is 59.8. The number of hydrogen-bond acceptors (Lipinski definition) is 4. The minimum Gasteiger partial charge on any atom is -0.309 e. The number of aromatic nitrogens is 4. The van der Waals surface area contributed by atoms with Crippen LogP contribution < -0.4 is 0 Å². The van der Waals surface area contributed by atoms with Crippen molar-refractivity contribution >= 4 is 53.3 Å². The highest BCUT2D eigenvalue weighted by Crippen LogP contribution is 2.42. The molecule has 10 aromatic rings. The lowest BCUT2D eigenvalue weighted by Gasteiger charge is -2.09. The molecule has 0 saturated heterocycles. The summed E-state index contributed by atoms with van der Waals surface area (Å²) in [5, 5.41) is 4.92. The van der Waals surface area contributed by atoms with E-state index in [2.05, 4.69) is 114 Å². The number of hydrogen-bond donors (Lipinski definition) is 0. The molecule has 0 aliphatic heterocycles. The van der Waals surface area contributed by atoms with E-state index in [0.29, 0.717) is 17.5 Å². The Balaban J connectivity index is 1.17. The van der Waals surface area contributed by atoms with Crippen LogP contribution in [0.2, 0.25) is 0 Å². The lowest BCUT2D eigenvalue weighted by Crippen LogP contribution is -2.00. The molecule has 0 radical (unpaired) electrons. The highest BCUT2D eigenvalue weighted by Gasteiger charge is 2.18. The predicted octanol–water partition coefficient (Wildman–Crippen LogP) is 12.0. The van der Waals surface area contributed by atoms with Crippen LogP contribution in [0.1, 0.15) is 0 Å². The van der Waals surface area contributed by atoms with Gasteiger partial charge in [0.05, 0.1) is 11.0 Å². The van der Waals surface area contributed by atoms with Crippen molar-refractivity contribution in [1.82, 2.24) is 19.5 Å². The van der Waals surface area contributed by atoms with Crippen molar-refractivity contribution in [1.29, 1.82) is 0 Å². The minimum atomic E-state index is 0.663. The molecule has 0 N–H and O–H groups in total. The SMILES string of the molecule is c1ccc(-c2ccc3c4ccccc4n(-c4ccc5c(c4)sc4c(-c6nc(-c7ccccc7)nc(-c7ccccc7)n6)cccc45)c3c2)cc1.